The van der Waals surface area contributed by atoms with Crippen molar-refractivity contribution in [2.45, 2.75) is 12.6 Å². The Morgan fingerprint density at radius 2 is 1.95 bits per heavy atom. The first-order valence-electron chi connectivity index (χ1n) is 6.11. The summed E-state index contributed by atoms with van der Waals surface area (Å²) in [5.74, 6) is -1.09. The van der Waals surface area contributed by atoms with Crippen LogP contribution in [0.4, 0.5) is 4.79 Å². The molecule has 1 unspecified atom stereocenters. The highest BCUT2D eigenvalue weighted by Crippen LogP contribution is 2.19. The van der Waals surface area contributed by atoms with Crippen molar-refractivity contribution in [3.63, 3.8) is 0 Å². The molecule has 0 fully saturated rings. The van der Waals surface area contributed by atoms with E-state index in [-0.39, 0.29) is 0 Å². The van der Waals surface area contributed by atoms with Gasteiger partial charge in [-0.3, -0.25) is 0 Å². The summed E-state index contributed by atoms with van der Waals surface area (Å²) in [6.45, 7) is 0.329. The van der Waals surface area contributed by atoms with Crippen LogP contribution in [0.3, 0.4) is 0 Å². The maximum Gasteiger partial charge on any atom is 0.331 e. The summed E-state index contributed by atoms with van der Waals surface area (Å²) >= 11 is 4.62. The zero-order valence-electron chi connectivity index (χ0n) is 10.9. The predicted molar refractivity (Wildman–Crippen MR) is 84.2 cm³/mol. The zero-order valence-corrected chi connectivity index (χ0v) is 13.3. The zero-order chi connectivity index (χ0) is 15.2. The monoisotopic (exact) mass is 368 g/mol. The lowest BCUT2D eigenvalue weighted by molar-refractivity contribution is -0.139. The molecule has 1 atom stereocenters. The van der Waals surface area contributed by atoms with Gasteiger partial charge in [0.15, 0.2) is 6.04 Å². The summed E-state index contributed by atoms with van der Waals surface area (Å²) < 4.78 is 0.958. The van der Waals surface area contributed by atoms with E-state index < -0.39 is 18.0 Å². The van der Waals surface area contributed by atoms with Gasteiger partial charge in [-0.1, -0.05) is 34.1 Å². The molecule has 3 N–H and O–H groups in total. The minimum absolute atomic E-state index is 0.329. The third kappa shape index (κ3) is 4.57. The summed E-state index contributed by atoms with van der Waals surface area (Å²) in [5.41, 5.74) is 0.927. The number of halogens is 1. The standard InChI is InChI=1S/C14H13BrN2O3S/c15-10-5-3-9(4-6-10)8-16-14(20)17-12(13(18)19)11-2-1-7-21-11/h1-7,12H,8H2,(H,18,19)(H2,16,17,20). The van der Waals surface area contributed by atoms with Crippen molar-refractivity contribution < 1.29 is 14.7 Å². The first-order chi connectivity index (χ1) is 10.1. The van der Waals surface area contributed by atoms with E-state index in [1.807, 2.05) is 24.3 Å². The Hall–Kier alpha value is -1.86. The van der Waals surface area contributed by atoms with Gasteiger partial charge in [0, 0.05) is 15.9 Å². The van der Waals surface area contributed by atoms with Crippen molar-refractivity contribution in [2.75, 3.05) is 0 Å². The summed E-state index contributed by atoms with van der Waals surface area (Å²) in [6, 6.07) is 9.38. The Morgan fingerprint density at radius 3 is 2.52 bits per heavy atom. The maximum atomic E-state index is 11.8. The first-order valence-corrected chi connectivity index (χ1v) is 7.78. The van der Waals surface area contributed by atoms with Crippen LogP contribution in [0.25, 0.3) is 0 Å². The van der Waals surface area contributed by atoms with Crippen LogP contribution in [0.2, 0.25) is 0 Å². The summed E-state index contributed by atoms with van der Waals surface area (Å²) in [7, 11) is 0. The molecule has 7 heteroatoms. The van der Waals surface area contributed by atoms with Crippen molar-refractivity contribution >= 4 is 39.3 Å². The highest BCUT2D eigenvalue weighted by molar-refractivity contribution is 9.10. The molecule has 0 aliphatic heterocycles. The number of carbonyl (C=O) groups excluding carboxylic acids is 1. The Balaban J connectivity index is 1.91. The highest BCUT2D eigenvalue weighted by atomic mass is 79.9. The number of urea groups is 1. The Kier molecular flexibility index (Phi) is 5.35. The van der Waals surface area contributed by atoms with Crippen molar-refractivity contribution in [3.8, 4) is 0 Å². The third-order valence-electron chi connectivity index (χ3n) is 2.72. The van der Waals surface area contributed by atoms with Gasteiger partial charge in [-0.2, -0.15) is 0 Å². The molecule has 0 bridgehead atoms. The van der Waals surface area contributed by atoms with Gasteiger partial charge < -0.3 is 15.7 Å². The second kappa shape index (κ2) is 7.24. The molecular formula is C14H13BrN2O3S. The molecule has 2 rings (SSSR count). The topological polar surface area (TPSA) is 78.4 Å². The van der Waals surface area contributed by atoms with E-state index in [4.69, 9.17) is 5.11 Å². The van der Waals surface area contributed by atoms with E-state index in [2.05, 4.69) is 26.6 Å². The second-order valence-electron chi connectivity index (χ2n) is 4.24. The SMILES string of the molecule is O=C(NCc1ccc(Br)cc1)NC(C(=O)O)c1cccs1. The molecule has 2 amide bonds. The van der Waals surface area contributed by atoms with E-state index >= 15 is 0 Å². The molecule has 0 radical (unpaired) electrons. The number of carboxylic acids is 1. The van der Waals surface area contributed by atoms with E-state index in [0.717, 1.165) is 10.0 Å². The highest BCUT2D eigenvalue weighted by Gasteiger charge is 2.22. The summed E-state index contributed by atoms with van der Waals surface area (Å²) in [4.78, 5) is 23.6. The molecule has 5 nitrogen and oxygen atoms in total. The van der Waals surface area contributed by atoms with Crippen LogP contribution in [0, 0.1) is 0 Å². The fourth-order valence-corrected chi connectivity index (χ4v) is 2.71. The first kappa shape index (κ1) is 15.5. The van der Waals surface area contributed by atoms with Gasteiger partial charge in [-0.25, -0.2) is 9.59 Å². The van der Waals surface area contributed by atoms with Gasteiger partial charge in [0.1, 0.15) is 0 Å². The van der Waals surface area contributed by atoms with E-state index in [0.29, 0.717) is 11.4 Å². The maximum absolute atomic E-state index is 11.8. The number of hydrogen-bond acceptors (Lipinski definition) is 3. The molecule has 0 saturated heterocycles. The lowest BCUT2D eigenvalue weighted by Gasteiger charge is -2.13. The predicted octanol–water partition coefficient (Wildman–Crippen LogP) is 3.14. The van der Waals surface area contributed by atoms with Crippen LogP contribution in [0.5, 0.6) is 0 Å². The van der Waals surface area contributed by atoms with Crippen LogP contribution in [0.15, 0.2) is 46.3 Å². The fourth-order valence-electron chi connectivity index (χ4n) is 1.68. The number of benzene rings is 1. The number of rotatable bonds is 5. The van der Waals surface area contributed by atoms with Gasteiger partial charge >= 0.3 is 12.0 Å². The molecule has 21 heavy (non-hydrogen) atoms. The molecule has 0 aliphatic rings. The Bertz CT molecular complexity index is 614. The van der Waals surface area contributed by atoms with Gasteiger partial charge in [-0.05, 0) is 29.1 Å². The molecule has 1 aromatic carbocycles. The number of carboxylic acid groups (broad SMARTS) is 1. The normalized spacial score (nSPS) is 11.7. The minimum Gasteiger partial charge on any atom is -0.479 e. The molecule has 1 aromatic heterocycles. The molecule has 2 aromatic rings. The molecule has 0 spiro atoms. The average Bonchev–Trinajstić information content (AvgIpc) is 2.97. The van der Waals surface area contributed by atoms with Gasteiger partial charge in [0.2, 0.25) is 0 Å². The lowest BCUT2D eigenvalue weighted by Crippen LogP contribution is -2.40. The Labute approximate surface area is 134 Å². The number of amides is 2. The quantitative estimate of drug-likeness (QED) is 0.758. The molecule has 110 valence electrons. The van der Waals surface area contributed by atoms with Crippen LogP contribution < -0.4 is 10.6 Å². The second-order valence-corrected chi connectivity index (χ2v) is 6.14. The molecule has 0 aliphatic carbocycles. The third-order valence-corrected chi connectivity index (χ3v) is 4.18. The number of hydrogen-bond donors (Lipinski definition) is 3. The largest absolute Gasteiger partial charge is 0.479 e. The van der Waals surface area contributed by atoms with E-state index in [1.165, 1.54) is 11.3 Å². The lowest BCUT2D eigenvalue weighted by atomic mass is 10.2. The van der Waals surface area contributed by atoms with Crippen molar-refractivity contribution in [1.82, 2.24) is 10.6 Å². The average molecular weight is 369 g/mol. The summed E-state index contributed by atoms with van der Waals surface area (Å²) in [5, 5.41) is 16.0. The van der Waals surface area contributed by atoms with Gasteiger partial charge in [0.05, 0.1) is 0 Å². The van der Waals surface area contributed by atoms with Gasteiger partial charge in [-0.15, -0.1) is 11.3 Å². The number of aliphatic carboxylic acids is 1. The van der Waals surface area contributed by atoms with Gasteiger partial charge in [0.25, 0.3) is 0 Å². The van der Waals surface area contributed by atoms with Crippen molar-refractivity contribution in [2.24, 2.45) is 0 Å². The molecule has 1 heterocycles. The summed E-state index contributed by atoms with van der Waals surface area (Å²) in [6.07, 6.45) is 0. The van der Waals surface area contributed by atoms with Crippen LogP contribution >= 0.6 is 27.3 Å². The smallest absolute Gasteiger partial charge is 0.331 e. The molecule has 0 saturated carbocycles. The van der Waals surface area contributed by atoms with Crippen LogP contribution in [0.1, 0.15) is 16.5 Å². The van der Waals surface area contributed by atoms with E-state index in [1.54, 1.807) is 17.5 Å². The van der Waals surface area contributed by atoms with Crippen molar-refractivity contribution in [3.05, 3.63) is 56.7 Å². The Morgan fingerprint density at radius 1 is 1.24 bits per heavy atom. The number of thiophene rings is 1. The fraction of sp³-hybridized carbons (Fsp3) is 0.143. The minimum atomic E-state index is -1.09. The van der Waals surface area contributed by atoms with E-state index in [9.17, 15) is 9.59 Å². The van der Waals surface area contributed by atoms with Crippen molar-refractivity contribution in [1.29, 1.82) is 0 Å². The van der Waals surface area contributed by atoms with Crippen LogP contribution in [-0.2, 0) is 11.3 Å². The number of carbonyl (C=O) groups is 2. The van der Waals surface area contributed by atoms with Crippen LogP contribution in [-0.4, -0.2) is 17.1 Å². The molecular weight excluding hydrogens is 356 g/mol. The number of nitrogens with one attached hydrogen (secondary N) is 2.